The lowest BCUT2D eigenvalue weighted by molar-refractivity contribution is -0.155. The van der Waals surface area contributed by atoms with Gasteiger partial charge in [0.25, 0.3) is 5.56 Å². The molecule has 1 N–H and O–H groups in total. The molecule has 1 unspecified atom stereocenters. The first-order valence-electron chi connectivity index (χ1n) is 17.1. The van der Waals surface area contributed by atoms with E-state index in [4.69, 9.17) is 19.4 Å². The first-order chi connectivity index (χ1) is 23.3. The average Bonchev–Trinajstić information content (AvgIpc) is 3.62. The van der Waals surface area contributed by atoms with Gasteiger partial charge < -0.3 is 14.8 Å². The molecule has 1 atom stereocenters. The molecule has 4 aromatic rings. The minimum Gasteiger partial charge on any atom is -0.353 e. The number of ether oxygens (including phenoxy) is 2. The molecule has 1 saturated heterocycles. The van der Waals surface area contributed by atoms with Crippen LogP contribution in [0.4, 0.5) is 11.8 Å². The van der Waals surface area contributed by atoms with Crippen LogP contribution in [0.1, 0.15) is 101 Å². The summed E-state index contributed by atoms with van der Waals surface area (Å²) in [5.74, 6) is 0.742. The number of nitrogens with zero attached hydrogens (tertiary/aromatic N) is 5. The molecule has 1 aromatic carbocycles. The molecule has 1 aliphatic carbocycles. The number of ketones is 2. The van der Waals surface area contributed by atoms with Gasteiger partial charge >= 0.3 is 0 Å². The van der Waals surface area contributed by atoms with Crippen LogP contribution in [0.15, 0.2) is 47.4 Å². The highest BCUT2D eigenvalue weighted by atomic mass is 16.7. The molecule has 0 amide bonds. The number of pyridine rings is 2. The molecule has 3 aromatic heterocycles. The maximum absolute atomic E-state index is 13.5. The predicted molar refractivity (Wildman–Crippen MR) is 182 cm³/mol. The van der Waals surface area contributed by atoms with Crippen molar-refractivity contribution >= 4 is 34.4 Å². The zero-order chi connectivity index (χ0) is 33.2. The Balaban J connectivity index is 1.01. The molecular weight excluding hydrogens is 608 g/mol. The number of aromatic nitrogens is 4. The van der Waals surface area contributed by atoms with Crippen LogP contribution in [0.25, 0.3) is 11.0 Å². The third-order valence-corrected chi connectivity index (χ3v) is 9.84. The standard InChI is InChI=1S/C37H42N6O5/c1-23-29-19-38-37(41-35(29)43(28-7-3-4-8-28)36(46)34(23)24(2)44)40-32-15-14-27-21-42(17-16-30(27)39-32)20-25-10-12-26(13-11-25)31(45)22-48-33-9-5-6-18-47-33/h10-15,19,28,33H,3-9,16-18,20-22H2,1-2H3,(H,38,39,40,41). The van der Waals surface area contributed by atoms with Gasteiger partial charge in [-0.3, -0.25) is 23.9 Å². The van der Waals surface area contributed by atoms with Gasteiger partial charge in [0.2, 0.25) is 5.95 Å². The second-order valence-electron chi connectivity index (χ2n) is 13.2. The fourth-order valence-corrected chi connectivity index (χ4v) is 7.25. The molecule has 11 heteroatoms. The number of Topliss-reactive ketones (excluding diaryl/α,β-unsaturated/α-hetero) is 2. The molecule has 0 radical (unpaired) electrons. The first-order valence-corrected chi connectivity index (χ1v) is 17.1. The lowest BCUT2D eigenvalue weighted by atomic mass is 10.0. The monoisotopic (exact) mass is 650 g/mol. The van der Waals surface area contributed by atoms with Gasteiger partial charge in [0.05, 0.1) is 5.56 Å². The number of hydrogen-bond acceptors (Lipinski definition) is 10. The van der Waals surface area contributed by atoms with E-state index in [0.717, 1.165) is 87.6 Å². The molecule has 250 valence electrons. The summed E-state index contributed by atoms with van der Waals surface area (Å²) in [6, 6.07) is 11.8. The number of anilines is 2. The highest BCUT2D eigenvalue weighted by molar-refractivity contribution is 5.99. The number of carbonyl (C=O) groups excluding carboxylic acids is 2. The van der Waals surface area contributed by atoms with Crippen LogP contribution < -0.4 is 10.9 Å². The Morgan fingerprint density at radius 2 is 1.81 bits per heavy atom. The summed E-state index contributed by atoms with van der Waals surface area (Å²) in [5, 5.41) is 3.98. The molecule has 0 bridgehead atoms. The Morgan fingerprint density at radius 3 is 2.56 bits per heavy atom. The number of aryl methyl sites for hydroxylation is 1. The Morgan fingerprint density at radius 1 is 1.02 bits per heavy atom. The quantitative estimate of drug-likeness (QED) is 0.209. The van der Waals surface area contributed by atoms with Gasteiger partial charge in [-0.1, -0.05) is 43.2 Å². The smallest absolute Gasteiger partial charge is 0.263 e. The van der Waals surface area contributed by atoms with Crippen LogP contribution in [-0.4, -0.2) is 62.0 Å². The topological polar surface area (TPSA) is 129 Å². The predicted octanol–water partition coefficient (Wildman–Crippen LogP) is 5.84. The third-order valence-electron chi connectivity index (χ3n) is 9.84. The largest absolute Gasteiger partial charge is 0.353 e. The molecule has 2 aliphatic heterocycles. The number of benzene rings is 1. The summed E-state index contributed by atoms with van der Waals surface area (Å²) < 4.78 is 13.0. The van der Waals surface area contributed by atoms with E-state index in [9.17, 15) is 14.4 Å². The molecule has 7 rings (SSSR count). The Hall–Kier alpha value is -4.32. The fraction of sp³-hybridized carbons (Fsp3) is 0.459. The Labute approximate surface area is 279 Å². The van der Waals surface area contributed by atoms with Crippen molar-refractivity contribution in [1.82, 2.24) is 24.4 Å². The van der Waals surface area contributed by atoms with E-state index in [1.54, 1.807) is 17.7 Å². The van der Waals surface area contributed by atoms with Gasteiger partial charge in [0, 0.05) is 61.5 Å². The van der Waals surface area contributed by atoms with Crippen molar-refractivity contribution in [3.8, 4) is 0 Å². The summed E-state index contributed by atoms with van der Waals surface area (Å²) in [7, 11) is 0. The van der Waals surface area contributed by atoms with Crippen LogP contribution in [0.3, 0.4) is 0 Å². The lowest BCUT2D eigenvalue weighted by Gasteiger charge is -2.28. The van der Waals surface area contributed by atoms with Gasteiger partial charge in [0.1, 0.15) is 18.1 Å². The highest BCUT2D eigenvalue weighted by Gasteiger charge is 2.26. The van der Waals surface area contributed by atoms with E-state index in [-0.39, 0.29) is 41.6 Å². The fourth-order valence-electron chi connectivity index (χ4n) is 7.25. The number of rotatable bonds is 10. The molecule has 5 heterocycles. The Kier molecular flexibility index (Phi) is 9.43. The van der Waals surface area contributed by atoms with Crippen LogP contribution in [0.2, 0.25) is 0 Å². The molecule has 2 fully saturated rings. The number of fused-ring (bicyclic) bond motifs is 2. The van der Waals surface area contributed by atoms with Crippen LogP contribution in [0.5, 0.6) is 0 Å². The summed E-state index contributed by atoms with van der Waals surface area (Å²) in [5.41, 5.74) is 5.14. The molecular formula is C37H42N6O5. The molecule has 48 heavy (non-hydrogen) atoms. The normalized spacial score (nSPS) is 18.6. The van der Waals surface area contributed by atoms with Crippen molar-refractivity contribution in [2.75, 3.05) is 25.1 Å². The number of carbonyl (C=O) groups is 2. The van der Waals surface area contributed by atoms with Crippen molar-refractivity contribution in [3.05, 3.63) is 86.5 Å². The Bertz CT molecular complexity index is 1890. The number of nitrogens with one attached hydrogen (secondary N) is 1. The third kappa shape index (κ3) is 6.80. The highest BCUT2D eigenvalue weighted by Crippen LogP contribution is 2.32. The van der Waals surface area contributed by atoms with Crippen molar-refractivity contribution in [3.63, 3.8) is 0 Å². The second-order valence-corrected chi connectivity index (χ2v) is 13.2. The van der Waals surface area contributed by atoms with E-state index in [0.29, 0.717) is 35.1 Å². The molecule has 0 spiro atoms. The van der Waals surface area contributed by atoms with E-state index >= 15 is 0 Å². The van der Waals surface area contributed by atoms with Gasteiger partial charge in [0.15, 0.2) is 17.9 Å². The lowest BCUT2D eigenvalue weighted by Crippen LogP contribution is -2.31. The van der Waals surface area contributed by atoms with Crippen molar-refractivity contribution in [2.24, 2.45) is 0 Å². The van der Waals surface area contributed by atoms with Gasteiger partial charge in [-0.05, 0) is 68.7 Å². The van der Waals surface area contributed by atoms with Gasteiger partial charge in [-0.2, -0.15) is 4.98 Å². The van der Waals surface area contributed by atoms with Gasteiger partial charge in [-0.25, -0.2) is 9.97 Å². The zero-order valence-corrected chi connectivity index (χ0v) is 27.7. The minimum absolute atomic E-state index is 0.0211. The summed E-state index contributed by atoms with van der Waals surface area (Å²) >= 11 is 0. The second kappa shape index (κ2) is 14.0. The van der Waals surface area contributed by atoms with E-state index in [1.165, 1.54) is 12.5 Å². The SMILES string of the molecule is CC(=O)c1c(C)c2cnc(Nc3ccc4c(n3)CCN(Cc3ccc(C(=O)COC5CCCCO5)cc3)C4)nc2n(C2CCCC2)c1=O. The summed E-state index contributed by atoms with van der Waals surface area (Å²) in [6.45, 7) is 6.38. The maximum Gasteiger partial charge on any atom is 0.263 e. The number of hydrogen-bond donors (Lipinski definition) is 1. The van der Waals surface area contributed by atoms with E-state index in [2.05, 4.69) is 21.3 Å². The van der Waals surface area contributed by atoms with E-state index in [1.807, 2.05) is 30.3 Å². The van der Waals surface area contributed by atoms with Crippen molar-refractivity contribution in [2.45, 2.75) is 90.6 Å². The van der Waals surface area contributed by atoms with Crippen LogP contribution >= 0.6 is 0 Å². The first kappa shape index (κ1) is 32.2. The summed E-state index contributed by atoms with van der Waals surface area (Å²) in [6.07, 6.45) is 9.07. The zero-order valence-electron chi connectivity index (χ0n) is 27.7. The van der Waals surface area contributed by atoms with Crippen molar-refractivity contribution < 1.29 is 19.1 Å². The molecule has 3 aliphatic rings. The van der Waals surface area contributed by atoms with Crippen LogP contribution in [0, 0.1) is 6.92 Å². The van der Waals surface area contributed by atoms with E-state index < -0.39 is 0 Å². The maximum atomic E-state index is 13.5. The summed E-state index contributed by atoms with van der Waals surface area (Å²) in [4.78, 5) is 55.2. The van der Waals surface area contributed by atoms with Crippen LogP contribution in [-0.2, 0) is 29.0 Å². The average molecular weight is 651 g/mol. The molecule has 1 saturated carbocycles. The minimum atomic E-state index is -0.272. The molecule has 11 nitrogen and oxygen atoms in total. The van der Waals surface area contributed by atoms with Gasteiger partial charge in [-0.15, -0.1) is 0 Å². The van der Waals surface area contributed by atoms with Crippen molar-refractivity contribution in [1.29, 1.82) is 0 Å².